The molecule has 0 aromatic rings. The van der Waals surface area contributed by atoms with Crippen molar-refractivity contribution in [2.45, 2.75) is 46.6 Å². The van der Waals surface area contributed by atoms with Gasteiger partial charge in [0.2, 0.25) is 0 Å². The van der Waals surface area contributed by atoms with Crippen molar-refractivity contribution in [2.24, 2.45) is 5.73 Å². The summed E-state index contributed by atoms with van der Waals surface area (Å²) in [6.07, 6.45) is 1.10. The molecule has 1 unspecified atom stereocenters. The molecule has 0 spiro atoms. The average molecular weight is 276 g/mol. The lowest BCUT2D eigenvalue weighted by Gasteiger charge is -2.12. The fourth-order valence-corrected chi connectivity index (χ4v) is 0.956. The highest BCUT2D eigenvalue weighted by atomic mass is 16.6. The first kappa shape index (κ1) is 20.2. The van der Waals surface area contributed by atoms with Gasteiger partial charge in [-0.1, -0.05) is 27.2 Å². The van der Waals surface area contributed by atoms with Crippen LogP contribution in [0.2, 0.25) is 0 Å². The zero-order valence-corrected chi connectivity index (χ0v) is 12.5. The molecule has 0 radical (unpaired) electrons. The summed E-state index contributed by atoms with van der Waals surface area (Å²) in [5.41, 5.74) is 5.07. The molecule has 0 saturated heterocycles. The van der Waals surface area contributed by atoms with Crippen LogP contribution in [0.4, 0.5) is 0 Å². The van der Waals surface area contributed by atoms with Gasteiger partial charge < -0.3 is 20.5 Å². The SMILES string of the molecule is CCC.CCNCCC(=O)OCC(C)OC(=O)CN. The summed E-state index contributed by atoms with van der Waals surface area (Å²) in [6, 6.07) is 0. The molecule has 0 aromatic carbocycles. The van der Waals surface area contributed by atoms with Gasteiger partial charge in [0.25, 0.3) is 0 Å². The number of ether oxygens (including phenoxy) is 2. The molecule has 0 aliphatic carbocycles. The number of carbonyl (C=O) groups excluding carboxylic acids is 2. The Bertz CT molecular complexity index is 235. The lowest BCUT2D eigenvalue weighted by molar-refractivity contribution is -0.156. The third kappa shape index (κ3) is 16.9. The first-order valence-corrected chi connectivity index (χ1v) is 6.77. The average Bonchev–Trinajstić information content (AvgIpc) is 2.37. The molecular formula is C13H28N2O4. The van der Waals surface area contributed by atoms with E-state index in [-0.39, 0.29) is 19.1 Å². The lowest BCUT2D eigenvalue weighted by Crippen LogP contribution is -2.27. The van der Waals surface area contributed by atoms with Crippen LogP contribution in [0.15, 0.2) is 0 Å². The maximum Gasteiger partial charge on any atom is 0.320 e. The normalized spacial score (nSPS) is 11.0. The first-order chi connectivity index (χ1) is 9.01. The van der Waals surface area contributed by atoms with Crippen LogP contribution >= 0.6 is 0 Å². The van der Waals surface area contributed by atoms with E-state index < -0.39 is 12.1 Å². The zero-order valence-electron chi connectivity index (χ0n) is 12.5. The molecule has 0 bridgehead atoms. The smallest absolute Gasteiger partial charge is 0.320 e. The van der Waals surface area contributed by atoms with Crippen LogP contribution in [-0.4, -0.2) is 44.3 Å². The number of carbonyl (C=O) groups is 2. The second-order valence-corrected chi connectivity index (χ2v) is 4.00. The molecule has 114 valence electrons. The van der Waals surface area contributed by atoms with Crippen LogP contribution in [0, 0.1) is 0 Å². The Morgan fingerprint density at radius 3 is 2.26 bits per heavy atom. The van der Waals surface area contributed by atoms with Gasteiger partial charge >= 0.3 is 11.9 Å². The number of esters is 2. The molecule has 6 heteroatoms. The van der Waals surface area contributed by atoms with Crippen LogP contribution in [-0.2, 0) is 19.1 Å². The second kappa shape index (κ2) is 14.9. The highest BCUT2D eigenvalue weighted by molar-refractivity contribution is 5.71. The Balaban J connectivity index is 0. The molecule has 0 fully saturated rings. The molecule has 0 rings (SSSR count). The molecule has 1 atom stereocenters. The number of rotatable bonds is 8. The fourth-order valence-electron chi connectivity index (χ4n) is 0.956. The van der Waals surface area contributed by atoms with Crippen LogP contribution < -0.4 is 11.1 Å². The molecule has 0 heterocycles. The van der Waals surface area contributed by atoms with Gasteiger partial charge in [-0.15, -0.1) is 0 Å². The highest BCUT2D eigenvalue weighted by Crippen LogP contribution is 1.94. The largest absolute Gasteiger partial charge is 0.462 e. The summed E-state index contributed by atoms with van der Waals surface area (Å²) in [6.45, 7) is 9.16. The minimum Gasteiger partial charge on any atom is -0.462 e. The number of nitrogens with one attached hydrogen (secondary N) is 1. The molecule has 0 saturated carbocycles. The Hall–Kier alpha value is -1.14. The van der Waals surface area contributed by atoms with E-state index in [1.807, 2.05) is 6.92 Å². The fraction of sp³-hybridized carbons (Fsp3) is 0.846. The van der Waals surface area contributed by atoms with E-state index in [1.54, 1.807) is 6.92 Å². The van der Waals surface area contributed by atoms with Crippen LogP contribution in [0.1, 0.15) is 40.5 Å². The zero-order chi connectivity index (χ0) is 15.1. The molecule has 3 N–H and O–H groups in total. The Labute approximate surface area is 116 Å². The molecule has 19 heavy (non-hydrogen) atoms. The van der Waals surface area contributed by atoms with Gasteiger partial charge in [-0.05, 0) is 13.5 Å². The van der Waals surface area contributed by atoms with Gasteiger partial charge in [0, 0.05) is 6.54 Å². The molecular weight excluding hydrogens is 248 g/mol. The predicted octanol–water partition coefficient (Wildman–Crippen LogP) is 0.836. The van der Waals surface area contributed by atoms with E-state index in [1.165, 1.54) is 6.42 Å². The van der Waals surface area contributed by atoms with Gasteiger partial charge in [-0.3, -0.25) is 9.59 Å². The highest BCUT2D eigenvalue weighted by Gasteiger charge is 2.10. The minimum absolute atomic E-state index is 0.0662. The van der Waals surface area contributed by atoms with Crippen LogP contribution in [0.25, 0.3) is 0 Å². The van der Waals surface area contributed by atoms with Crippen LogP contribution in [0.3, 0.4) is 0 Å². The van der Waals surface area contributed by atoms with Gasteiger partial charge in [-0.25, -0.2) is 0 Å². The van der Waals surface area contributed by atoms with Gasteiger partial charge in [-0.2, -0.15) is 0 Å². The topological polar surface area (TPSA) is 90.6 Å². The number of nitrogens with two attached hydrogens (primary N) is 1. The number of hydrogen-bond acceptors (Lipinski definition) is 6. The van der Waals surface area contributed by atoms with Crippen molar-refractivity contribution in [3.05, 3.63) is 0 Å². The molecule has 6 nitrogen and oxygen atoms in total. The standard InChI is InChI=1S/C10H20N2O4.C3H8/c1-3-12-5-4-9(13)15-7-8(2)16-10(14)6-11;1-3-2/h8,12H,3-7,11H2,1-2H3;3H2,1-2H3. The summed E-state index contributed by atoms with van der Waals surface area (Å²) in [4.78, 5) is 21.9. The predicted molar refractivity (Wildman–Crippen MR) is 74.7 cm³/mol. The van der Waals surface area contributed by atoms with E-state index in [9.17, 15) is 9.59 Å². The summed E-state index contributed by atoms with van der Waals surface area (Å²) in [7, 11) is 0. The summed E-state index contributed by atoms with van der Waals surface area (Å²) >= 11 is 0. The van der Waals surface area contributed by atoms with Gasteiger partial charge in [0.05, 0.1) is 13.0 Å². The van der Waals surface area contributed by atoms with Gasteiger partial charge in [0.1, 0.15) is 12.7 Å². The summed E-state index contributed by atoms with van der Waals surface area (Å²) < 4.78 is 9.72. The molecule has 0 aliphatic rings. The third-order valence-electron chi connectivity index (χ3n) is 1.73. The van der Waals surface area contributed by atoms with E-state index in [0.717, 1.165) is 6.54 Å². The monoisotopic (exact) mass is 276 g/mol. The minimum atomic E-state index is -0.504. The Morgan fingerprint density at radius 1 is 1.21 bits per heavy atom. The van der Waals surface area contributed by atoms with Crippen molar-refractivity contribution >= 4 is 11.9 Å². The third-order valence-corrected chi connectivity index (χ3v) is 1.73. The van der Waals surface area contributed by atoms with Crippen molar-refractivity contribution in [1.29, 1.82) is 0 Å². The van der Waals surface area contributed by atoms with E-state index >= 15 is 0 Å². The molecule has 0 aliphatic heterocycles. The molecule has 0 aromatic heterocycles. The first-order valence-electron chi connectivity index (χ1n) is 6.77. The lowest BCUT2D eigenvalue weighted by atomic mass is 10.4. The van der Waals surface area contributed by atoms with Crippen molar-refractivity contribution in [3.8, 4) is 0 Å². The maximum atomic E-state index is 11.2. The van der Waals surface area contributed by atoms with Crippen molar-refractivity contribution in [1.82, 2.24) is 5.32 Å². The Kier molecular flexibility index (Phi) is 15.8. The summed E-state index contributed by atoms with van der Waals surface area (Å²) in [5, 5.41) is 3.01. The van der Waals surface area contributed by atoms with E-state index in [4.69, 9.17) is 15.2 Å². The van der Waals surface area contributed by atoms with Crippen LogP contribution in [0.5, 0.6) is 0 Å². The van der Waals surface area contributed by atoms with Crippen molar-refractivity contribution in [3.63, 3.8) is 0 Å². The van der Waals surface area contributed by atoms with E-state index in [0.29, 0.717) is 13.0 Å². The Morgan fingerprint density at radius 2 is 1.79 bits per heavy atom. The van der Waals surface area contributed by atoms with Crippen molar-refractivity contribution < 1.29 is 19.1 Å². The maximum absolute atomic E-state index is 11.2. The van der Waals surface area contributed by atoms with E-state index in [2.05, 4.69) is 19.2 Å². The number of hydrogen-bond donors (Lipinski definition) is 2. The second-order valence-electron chi connectivity index (χ2n) is 4.00. The van der Waals surface area contributed by atoms with Crippen molar-refractivity contribution in [2.75, 3.05) is 26.2 Å². The quantitative estimate of drug-likeness (QED) is 0.504. The van der Waals surface area contributed by atoms with Gasteiger partial charge in [0.15, 0.2) is 0 Å². The summed E-state index contributed by atoms with van der Waals surface area (Å²) in [5.74, 6) is -0.812. The molecule has 0 amide bonds.